The first kappa shape index (κ1) is 18.0. The van der Waals surface area contributed by atoms with Crippen molar-refractivity contribution in [2.24, 2.45) is 0 Å². The Bertz CT molecular complexity index is 757. The molecule has 24 heavy (non-hydrogen) atoms. The largest absolute Gasteiger partial charge is 0.495 e. The highest BCUT2D eigenvalue weighted by atomic mass is 35.5. The summed E-state index contributed by atoms with van der Waals surface area (Å²) >= 11 is 6.11. The van der Waals surface area contributed by atoms with E-state index in [4.69, 9.17) is 16.3 Å². The summed E-state index contributed by atoms with van der Waals surface area (Å²) in [5, 5.41) is 6.62. The van der Waals surface area contributed by atoms with E-state index in [9.17, 15) is 4.79 Å². The molecular formula is C17H21ClN4O2. The van der Waals surface area contributed by atoms with Crippen LogP contribution in [0.3, 0.4) is 0 Å². The summed E-state index contributed by atoms with van der Waals surface area (Å²) in [5.74, 6) is 0.821. The number of methoxy groups -OCH3 is 1. The Labute approximate surface area is 146 Å². The summed E-state index contributed by atoms with van der Waals surface area (Å²) in [4.78, 5) is 20.4. The number of nitrogens with zero attached hydrogens (tertiary/aromatic N) is 2. The molecule has 0 atom stereocenters. The van der Waals surface area contributed by atoms with E-state index in [0.717, 1.165) is 5.56 Å². The van der Waals surface area contributed by atoms with Crippen LogP contribution in [0.5, 0.6) is 5.75 Å². The van der Waals surface area contributed by atoms with Gasteiger partial charge in [-0.2, -0.15) is 0 Å². The Morgan fingerprint density at radius 2 is 1.92 bits per heavy atom. The van der Waals surface area contributed by atoms with Crippen LogP contribution >= 0.6 is 11.6 Å². The molecule has 7 heteroatoms. The van der Waals surface area contributed by atoms with Crippen molar-refractivity contribution in [3.8, 4) is 5.75 Å². The lowest BCUT2D eigenvalue weighted by molar-refractivity contribution is 0.0914. The Morgan fingerprint density at radius 3 is 2.54 bits per heavy atom. The number of anilines is 2. The van der Waals surface area contributed by atoms with Crippen molar-refractivity contribution in [3.63, 3.8) is 0 Å². The molecule has 0 radical (unpaired) electrons. The van der Waals surface area contributed by atoms with Crippen LogP contribution in [0, 0.1) is 6.92 Å². The SMILES string of the molecule is COc1cc(Cl)c(C)cc1Nc1cc(C(=O)NC(C)(C)C)ncn1. The molecule has 0 spiro atoms. The highest BCUT2D eigenvalue weighted by Gasteiger charge is 2.17. The maximum absolute atomic E-state index is 12.2. The van der Waals surface area contributed by atoms with E-state index in [-0.39, 0.29) is 17.1 Å². The third-order valence-electron chi connectivity index (χ3n) is 3.13. The van der Waals surface area contributed by atoms with Crippen molar-refractivity contribution in [2.75, 3.05) is 12.4 Å². The summed E-state index contributed by atoms with van der Waals surface area (Å²) in [7, 11) is 1.56. The lowest BCUT2D eigenvalue weighted by Crippen LogP contribution is -2.40. The fraction of sp³-hybridized carbons (Fsp3) is 0.353. The Kier molecular flexibility index (Phi) is 5.29. The number of amides is 1. The zero-order valence-electron chi connectivity index (χ0n) is 14.4. The first-order valence-corrected chi connectivity index (χ1v) is 7.83. The molecule has 0 aliphatic carbocycles. The summed E-state index contributed by atoms with van der Waals surface area (Å²) < 4.78 is 5.33. The van der Waals surface area contributed by atoms with Gasteiger partial charge >= 0.3 is 0 Å². The van der Waals surface area contributed by atoms with E-state index in [1.54, 1.807) is 19.2 Å². The number of hydrogen-bond acceptors (Lipinski definition) is 5. The minimum atomic E-state index is -0.341. The van der Waals surface area contributed by atoms with Crippen LogP contribution in [-0.4, -0.2) is 28.5 Å². The zero-order chi connectivity index (χ0) is 17.9. The van der Waals surface area contributed by atoms with E-state index in [2.05, 4.69) is 20.6 Å². The first-order valence-electron chi connectivity index (χ1n) is 7.45. The fourth-order valence-corrected chi connectivity index (χ4v) is 2.18. The number of hydrogen-bond donors (Lipinski definition) is 2. The smallest absolute Gasteiger partial charge is 0.270 e. The van der Waals surface area contributed by atoms with Gasteiger partial charge in [0, 0.05) is 22.7 Å². The summed E-state index contributed by atoms with van der Waals surface area (Å²) in [6.07, 6.45) is 1.34. The molecule has 0 aliphatic heterocycles. The van der Waals surface area contributed by atoms with E-state index < -0.39 is 0 Å². The highest BCUT2D eigenvalue weighted by molar-refractivity contribution is 6.31. The summed E-state index contributed by atoms with van der Waals surface area (Å²) in [5.41, 5.74) is 1.55. The van der Waals surface area contributed by atoms with Gasteiger partial charge in [-0.3, -0.25) is 4.79 Å². The maximum Gasteiger partial charge on any atom is 0.270 e. The number of halogens is 1. The lowest BCUT2D eigenvalue weighted by atomic mass is 10.1. The normalized spacial score (nSPS) is 11.1. The van der Waals surface area contributed by atoms with Crippen LogP contribution in [0.4, 0.5) is 11.5 Å². The Hall–Kier alpha value is -2.34. The second-order valence-corrected chi connectivity index (χ2v) is 6.83. The number of nitrogens with one attached hydrogen (secondary N) is 2. The Balaban J connectivity index is 2.27. The average molecular weight is 349 g/mol. The minimum absolute atomic E-state index is 0.257. The number of aryl methyl sites for hydroxylation is 1. The summed E-state index contributed by atoms with van der Waals surface area (Å²) in [6.45, 7) is 7.63. The molecule has 0 fully saturated rings. The molecule has 1 aromatic heterocycles. The van der Waals surface area contributed by atoms with E-state index in [1.165, 1.54) is 6.33 Å². The van der Waals surface area contributed by atoms with Gasteiger partial charge in [0.15, 0.2) is 0 Å². The molecule has 2 aromatic rings. The van der Waals surface area contributed by atoms with Crippen molar-refractivity contribution in [1.29, 1.82) is 0 Å². The third-order valence-corrected chi connectivity index (χ3v) is 3.54. The molecule has 0 unspecified atom stereocenters. The molecule has 2 N–H and O–H groups in total. The van der Waals surface area contributed by atoms with Crippen molar-refractivity contribution < 1.29 is 9.53 Å². The number of rotatable bonds is 4. The molecule has 2 rings (SSSR count). The fourth-order valence-electron chi connectivity index (χ4n) is 2.02. The number of ether oxygens (including phenoxy) is 1. The van der Waals surface area contributed by atoms with Gasteiger partial charge in [-0.1, -0.05) is 11.6 Å². The lowest BCUT2D eigenvalue weighted by Gasteiger charge is -2.20. The van der Waals surface area contributed by atoms with Gasteiger partial charge in [-0.25, -0.2) is 9.97 Å². The van der Waals surface area contributed by atoms with Crippen LogP contribution in [0.25, 0.3) is 0 Å². The molecule has 1 heterocycles. The molecule has 128 valence electrons. The van der Waals surface area contributed by atoms with Crippen molar-refractivity contribution in [1.82, 2.24) is 15.3 Å². The van der Waals surface area contributed by atoms with Crippen molar-refractivity contribution in [2.45, 2.75) is 33.2 Å². The van der Waals surface area contributed by atoms with Gasteiger partial charge in [0.1, 0.15) is 23.6 Å². The average Bonchev–Trinajstić information content (AvgIpc) is 2.49. The highest BCUT2D eigenvalue weighted by Crippen LogP contribution is 2.32. The standard InChI is InChI=1S/C17H21ClN4O2/c1-10-6-12(14(24-5)7-11(10)18)21-15-8-13(19-9-20-15)16(23)22-17(2,3)4/h6-9H,1-5H3,(H,22,23)(H,19,20,21). The molecule has 0 bridgehead atoms. The number of benzene rings is 1. The van der Waals surface area contributed by atoms with E-state index in [1.807, 2.05) is 33.8 Å². The van der Waals surface area contributed by atoms with Gasteiger partial charge in [-0.15, -0.1) is 0 Å². The molecule has 0 aliphatic rings. The molecular weight excluding hydrogens is 328 g/mol. The number of carbonyl (C=O) groups is 1. The van der Waals surface area contributed by atoms with Crippen LogP contribution in [0.1, 0.15) is 36.8 Å². The maximum atomic E-state index is 12.2. The third kappa shape index (κ3) is 4.58. The van der Waals surface area contributed by atoms with Gasteiger partial charge in [0.05, 0.1) is 12.8 Å². The van der Waals surface area contributed by atoms with Crippen LogP contribution in [0.15, 0.2) is 24.5 Å². The monoisotopic (exact) mass is 348 g/mol. The van der Waals surface area contributed by atoms with Crippen molar-refractivity contribution in [3.05, 3.63) is 40.8 Å². The van der Waals surface area contributed by atoms with E-state index >= 15 is 0 Å². The van der Waals surface area contributed by atoms with Crippen molar-refractivity contribution >= 4 is 29.0 Å². The first-order chi connectivity index (χ1) is 11.2. The van der Waals surface area contributed by atoms with E-state index in [0.29, 0.717) is 22.3 Å². The van der Waals surface area contributed by atoms with Crippen LogP contribution in [-0.2, 0) is 0 Å². The molecule has 0 saturated carbocycles. The topological polar surface area (TPSA) is 76.1 Å². The quantitative estimate of drug-likeness (QED) is 0.880. The minimum Gasteiger partial charge on any atom is -0.495 e. The van der Waals surface area contributed by atoms with Gasteiger partial charge in [-0.05, 0) is 39.3 Å². The summed E-state index contributed by atoms with van der Waals surface area (Å²) in [6, 6.07) is 5.18. The second kappa shape index (κ2) is 7.05. The van der Waals surface area contributed by atoms with Crippen LogP contribution < -0.4 is 15.4 Å². The Morgan fingerprint density at radius 1 is 1.21 bits per heavy atom. The predicted octanol–water partition coefficient (Wildman–Crippen LogP) is 3.72. The number of aromatic nitrogens is 2. The zero-order valence-corrected chi connectivity index (χ0v) is 15.2. The molecule has 6 nitrogen and oxygen atoms in total. The second-order valence-electron chi connectivity index (χ2n) is 6.42. The van der Waals surface area contributed by atoms with Gasteiger partial charge in [0.2, 0.25) is 0 Å². The van der Waals surface area contributed by atoms with Gasteiger partial charge < -0.3 is 15.4 Å². The molecule has 1 amide bonds. The molecule has 1 aromatic carbocycles. The number of carbonyl (C=O) groups excluding carboxylic acids is 1. The van der Waals surface area contributed by atoms with Gasteiger partial charge in [0.25, 0.3) is 5.91 Å². The van der Waals surface area contributed by atoms with Crippen LogP contribution in [0.2, 0.25) is 5.02 Å². The predicted molar refractivity (Wildman–Crippen MR) is 95.3 cm³/mol. The molecule has 0 saturated heterocycles.